The molecule has 0 saturated carbocycles. The summed E-state index contributed by atoms with van der Waals surface area (Å²) in [4.78, 5) is 19.0. The average molecular weight is 355 g/mol. The van der Waals surface area contributed by atoms with Gasteiger partial charge >= 0.3 is 0 Å². The number of hydrogen-bond acceptors (Lipinski definition) is 5. The Labute approximate surface area is 154 Å². The van der Waals surface area contributed by atoms with E-state index >= 15 is 0 Å². The van der Waals surface area contributed by atoms with Crippen molar-refractivity contribution >= 4 is 11.6 Å². The van der Waals surface area contributed by atoms with E-state index < -0.39 is 0 Å². The number of hydrogen-bond donors (Lipinski definition) is 1. The second-order valence-electron chi connectivity index (χ2n) is 6.34. The average Bonchev–Trinajstić information content (AvgIpc) is 2.70. The van der Waals surface area contributed by atoms with Crippen molar-refractivity contribution in [1.29, 1.82) is 0 Å². The van der Waals surface area contributed by atoms with E-state index in [-0.39, 0.29) is 5.91 Å². The first-order valence-electron chi connectivity index (χ1n) is 8.88. The Balaban J connectivity index is 1.79. The molecule has 0 bridgehead atoms. The van der Waals surface area contributed by atoms with Crippen LogP contribution < -0.4 is 14.8 Å². The summed E-state index contributed by atoms with van der Waals surface area (Å²) in [5.74, 6) is 1.41. The number of methoxy groups -OCH3 is 2. The van der Waals surface area contributed by atoms with Gasteiger partial charge < -0.3 is 19.7 Å². The molecule has 138 valence electrons. The van der Waals surface area contributed by atoms with Crippen LogP contribution in [0.3, 0.4) is 0 Å². The second-order valence-corrected chi connectivity index (χ2v) is 6.34. The molecule has 0 spiro atoms. The summed E-state index contributed by atoms with van der Waals surface area (Å²) in [6.45, 7) is 4.19. The van der Waals surface area contributed by atoms with Crippen LogP contribution in [-0.2, 0) is 13.0 Å². The third kappa shape index (κ3) is 3.74. The molecule has 3 rings (SSSR count). The van der Waals surface area contributed by atoms with Gasteiger partial charge in [0, 0.05) is 32.0 Å². The van der Waals surface area contributed by atoms with Crippen LogP contribution in [0.5, 0.6) is 11.5 Å². The molecule has 2 aromatic rings. The first-order valence-corrected chi connectivity index (χ1v) is 8.88. The number of aromatic nitrogens is 1. The fraction of sp³-hybridized carbons (Fsp3) is 0.400. The molecule has 0 saturated heterocycles. The van der Waals surface area contributed by atoms with Crippen molar-refractivity contribution in [3.63, 3.8) is 0 Å². The third-order valence-electron chi connectivity index (χ3n) is 4.57. The van der Waals surface area contributed by atoms with Gasteiger partial charge in [-0.25, -0.2) is 0 Å². The van der Waals surface area contributed by atoms with Crippen molar-refractivity contribution in [3.05, 3.63) is 47.3 Å². The van der Waals surface area contributed by atoms with Crippen molar-refractivity contribution in [2.75, 3.05) is 32.6 Å². The van der Waals surface area contributed by atoms with Crippen LogP contribution in [0.15, 0.2) is 30.6 Å². The maximum Gasteiger partial charge on any atom is 0.255 e. The summed E-state index contributed by atoms with van der Waals surface area (Å²) in [6, 6.07) is 5.84. The molecule has 2 heterocycles. The molecule has 0 aliphatic carbocycles. The van der Waals surface area contributed by atoms with Gasteiger partial charge in [-0.2, -0.15) is 0 Å². The maximum absolute atomic E-state index is 12.9. The number of benzene rings is 1. The number of rotatable bonds is 6. The molecular formula is C20H25N3O3. The van der Waals surface area contributed by atoms with Crippen LogP contribution in [-0.4, -0.2) is 43.1 Å². The van der Waals surface area contributed by atoms with Gasteiger partial charge in [-0.05, 0) is 42.2 Å². The summed E-state index contributed by atoms with van der Waals surface area (Å²) in [7, 11) is 3.26. The minimum absolute atomic E-state index is 0.00177. The number of fused-ring (bicyclic) bond motifs is 1. The molecule has 0 atom stereocenters. The van der Waals surface area contributed by atoms with Crippen molar-refractivity contribution in [3.8, 4) is 11.5 Å². The molecule has 0 radical (unpaired) electrons. The number of carbonyl (C=O) groups excluding carboxylic acids is 1. The van der Waals surface area contributed by atoms with Crippen LogP contribution >= 0.6 is 0 Å². The van der Waals surface area contributed by atoms with E-state index in [4.69, 9.17) is 9.47 Å². The number of amides is 1. The van der Waals surface area contributed by atoms with E-state index in [0.29, 0.717) is 24.4 Å². The van der Waals surface area contributed by atoms with Crippen LogP contribution in [0.4, 0.5) is 5.69 Å². The molecular weight excluding hydrogens is 330 g/mol. The fourth-order valence-electron chi connectivity index (χ4n) is 3.16. The van der Waals surface area contributed by atoms with Gasteiger partial charge in [-0.15, -0.1) is 0 Å². The van der Waals surface area contributed by atoms with Crippen molar-refractivity contribution < 1.29 is 14.3 Å². The lowest BCUT2D eigenvalue weighted by molar-refractivity contribution is 0.0734. The Morgan fingerprint density at radius 2 is 1.88 bits per heavy atom. The monoisotopic (exact) mass is 355 g/mol. The number of nitrogens with one attached hydrogen (secondary N) is 1. The third-order valence-corrected chi connectivity index (χ3v) is 4.57. The Morgan fingerprint density at radius 1 is 1.15 bits per heavy atom. The quantitative estimate of drug-likeness (QED) is 0.862. The number of ether oxygens (including phenoxy) is 2. The van der Waals surface area contributed by atoms with Crippen LogP contribution in [0.1, 0.15) is 34.8 Å². The first kappa shape index (κ1) is 18.0. The smallest absolute Gasteiger partial charge is 0.255 e. The molecule has 1 aliphatic rings. The summed E-state index contributed by atoms with van der Waals surface area (Å²) in [5, 5.41) is 3.27. The van der Waals surface area contributed by atoms with Gasteiger partial charge in [0.1, 0.15) is 0 Å². The minimum atomic E-state index is -0.00177. The SMILES string of the molecule is CCCNc1cncc(C(=O)N2CCc3cc(OC)c(OC)cc3C2)c1. The Kier molecular flexibility index (Phi) is 5.61. The van der Waals surface area contributed by atoms with Gasteiger partial charge in [-0.3, -0.25) is 9.78 Å². The molecule has 1 N–H and O–H groups in total. The molecule has 1 aromatic carbocycles. The van der Waals surface area contributed by atoms with E-state index in [1.54, 1.807) is 26.6 Å². The highest BCUT2D eigenvalue weighted by Gasteiger charge is 2.24. The lowest BCUT2D eigenvalue weighted by atomic mass is 9.98. The molecule has 1 aliphatic heterocycles. The molecule has 0 unspecified atom stereocenters. The number of nitrogens with zero attached hydrogens (tertiary/aromatic N) is 2. The normalized spacial score (nSPS) is 13.1. The van der Waals surface area contributed by atoms with Gasteiger partial charge in [0.2, 0.25) is 0 Å². The standard InChI is InChI=1S/C20H25N3O3/c1-4-6-22-17-8-15(11-21-12-17)20(24)23-7-5-14-9-18(25-2)19(26-3)10-16(14)13-23/h8-12,22H,4-7,13H2,1-3H3. The first-order chi connectivity index (χ1) is 12.7. The van der Waals surface area contributed by atoms with Gasteiger partial charge in [0.05, 0.1) is 25.5 Å². The number of carbonyl (C=O) groups is 1. The van der Waals surface area contributed by atoms with Crippen molar-refractivity contribution in [1.82, 2.24) is 9.88 Å². The Morgan fingerprint density at radius 3 is 2.58 bits per heavy atom. The number of anilines is 1. The maximum atomic E-state index is 12.9. The highest BCUT2D eigenvalue weighted by Crippen LogP contribution is 2.33. The predicted molar refractivity (Wildman–Crippen MR) is 101 cm³/mol. The molecule has 6 heteroatoms. The molecule has 1 aromatic heterocycles. The van der Waals surface area contributed by atoms with Crippen molar-refractivity contribution in [2.24, 2.45) is 0 Å². The zero-order valence-electron chi connectivity index (χ0n) is 15.5. The largest absolute Gasteiger partial charge is 0.493 e. The summed E-state index contributed by atoms with van der Waals surface area (Å²) in [6.07, 6.45) is 5.19. The van der Waals surface area contributed by atoms with E-state index in [1.165, 1.54) is 5.56 Å². The molecule has 26 heavy (non-hydrogen) atoms. The van der Waals surface area contributed by atoms with E-state index in [0.717, 1.165) is 36.4 Å². The molecule has 1 amide bonds. The van der Waals surface area contributed by atoms with Gasteiger partial charge in [0.25, 0.3) is 5.91 Å². The lowest BCUT2D eigenvalue weighted by Crippen LogP contribution is -2.36. The van der Waals surface area contributed by atoms with E-state index in [2.05, 4.69) is 17.2 Å². The Hall–Kier alpha value is -2.76. The predicted octanol–water partition coefficient (Wildman–Crippen LogP) is 3.12. The fourth-order valence-corrected chi connectivity index (χ4v) is 3.16. The van der Waals surface area contributed by atoms with Gasteiger partial charge in [-0.1, -0.05) is 6.92 Å². The summed E-state index contributed by atoms with van der Waals surface area (Å²) in [5.41, 5.74) is 3.77. The topological polar surface area (TPSA) is 63.7 Å². The second kappa shape index (κ2) is 8.08. The summed E-state index contributed by atoms with van der Waals surface area (Å²) >= 11 is 0. The lowest BCUT2D eigenvalue weighted by Gasteiger charge is -2.29. The van der Waals surface area contributed by atoms with E-state index in [9.17, 15) is 4.79 Å². The number of pyridine rings is 1. The van der Waals surface area contributed by atoms with Crippen LogP contribution in [0.25, 0.3) is 0 Å². The highest BCUT2D eigenvalue weighted by atomic mass is 16.5. The minimum Gasteiger partial charge on any atom is -0.493 e. The highest BCUT2D eigenvalue weighted by molar-refractivity contribution is 5.94. The van der Waals surface area contributed by atoms with Crippen molar-refractivity contribution in [2.45, 2.75) is 26.3 Å². The zero-order chi connectivity index (χ0) is 18.5. The van der Waals surface area contributed by atoms with E-state index in [1.807, 2.05) is 23.1 Å². The molecule has 6 nitrogen and oxygen atoms in total. The van der Waals surface area contributed by atoms with Gasteiger partial charge in [0.15, 0.2) is 11.5 Å². The van der Waals surface area contributed by atoms with Crippen LogP contribution in [0, 0.1) is 0 Å². The molecule has 0 fully saturated rings. The zero-order valence-corrected chi connectivity index (χ0v) is 15.5. The summed E-state index contributed by atoms with van der Waals surface area (Å²) < 4.78 is 10.8. The Bertz CT molecular complexity index is 792. The van der Waals surface area contributed by atoms with Crippen LogP contribution in [0.2, 0.25) is 0 Å².